The van der Waals surface area contributed by atoms with Gasteiger partial charge in [0, 0.05) is 0 Å². The van der Waals surface area contributed by atoms with Crippen LogP contribution in [0.15, 0.2) is 43.0 Å². The van der Waals surface area contributed by atoms with Crippen LogP contribution in [0.3, 0.4) is 0 Å². The fraction of sp³-hybridized carbons (Fsp3) is 0.250. The molecule has 21 heavy (non-hydrogen) atoms. The van der Waals surface area contributed by atoms with Gasteiger partial charge in [-0.15, -0.1) is 0 Å². The van der Waals surface area contributed by atoms with Gasteiger partial charge in [-0.1, -0.05) is 30.3 Å². The number of benzene rings is 1. The average Bonchev–Trinajstić information content (AvgIpc) is 2.90. The standard InChI is InChI=1S/C16H16N4O/c1-11(12(2)21)14-15-16(18-9-17-14)20(10-19-15)8-13-6-4-3-5-7-13/h3-7,9-11H,8H2,1-2H3. The number of Topliss-reactive ketones (excluding diaryl/α,β-unsaturated/α-hetero) is 1. The highest BCUT2D eigenvalue weighted by molar-refractivity contribution is 5.87. The summed E-state index contributed by atoms with van der Waals surface area (Å²) >= 11 is 0. The van der Waals surface area contributed by atoms with Crippen molar-refractivity contribution >= 4 is 16.9 Å². The molecule has 3 aromatic rings. The third kappa shape index (κ3) is 2.54. The Bertz CT molecular complexity index is 779. The first-order valence-electron chi connectivity index (χ1n) is 6.87. The van der Waals surface area contributed by atoms with E-state index < -0.39 is 0 Å². The van der Waals surface area contributed by atoms with Gasteiger partial charge in [0.15, 0.2) is 5.65 Å². The smallest absolute Gasteiger partial charge is 0.163 e. The Hall–Kier alpha value is -2.56. The van der Waals surface area contributed by atoms with Crippen molar-refractivity contribution in [2.75, 3.05) is 0 Å². The summed E-state index contributed by atoms with van der Waals surface area (Å²) in [7, 11) is 0. The molecule has 1 unspecified atom stereocenters. The molecule has 1 atom stereocenters. The fourth-order valence-corrected chi connectivity index (χ4v) is 2.30. The Morgan fingerprint density at radius 1 is 1.19 bits per heavy atom. The fourth-order valence-electron chi connectivity index (χ4n) is 2.30. The van der Waals surface area contributed by atoms with Crippen LogP contribution in [0.5, 0.6) is 0 Å². The predicted octanol–water partition coefficient (Wildman–Crippen LogP) is 2.57. The molecule has 0 spiro atoms. The molecule has 0 amide bonds. The van der Waals surface area contributed by atoms with Crippen LogP contribution in [0.1, 0.15) is 31.0 Å². The summed E-state index contributed by atoms with van der Waals surface area (Å²) in [5.74, 6) is -0.191. The molecular formula is C16H16N4O. The average molecular weight is 280 g/mol. The van der Waals surface area contributed by atoms with Crippen molar-refractivity contribution < 1.29 is 4.79 Å². The van der Waals surface area contributed by atoms with Gasteiger partial charge in [0.25, 0.3) is 0 Å². The number of rotatable bonds is 4. The zero-order valence-electron chi connectivity index (χ0n) is 12.0. The number of hydrogen-bond acceptors (Lipinski definition) is 4. The van der Waals surface area contributed by atoms with Crippen LogP contribution < -0.4 is 0 Å². The summed E-state index contributed by atoms with van der Waals surface area (Å²) in [6, 6.07) is 10.1. The zero-order chi connectivity index (χ0) is 14.8. The number of ketones is 1. The first-order valence-corrected chi connectivity index (χ1v) is 6.87. The van der Waals surface area contributed by atoms with Crippen LogP contribution in [0.4, 0.5) is 0 Å². The molecule has 3 rings (SSSR count). The minimum absolute atomic E-state index is 0.0765. The van der Waals surface area contributed by atoms with E-state index in [0.717, 1.165) is 5.65 Å². The molecule has 106 valence electrons. The van der Waals surface area contributed by atoms with E-state index in [1.807, 2.05) is 29.7 Å². The van der Waals surface area contributed by atoms with E-state index in [9.17, 15) is 4.79 Å². The van der Waals surface area contributed by atoms with Crippen molar-refractivity contribution in [3.63, 3.8) is 0 Å². The van der Waals surface area contributed by atoms with E-state index in [4.69, 9.17) is 0 Å². The van der Waals surface area contributed by atoms with Gasteiger partial charge >= 0.3 is 0 Å². The zero-order valence-corrected chi connectivity index (χ0v) is 12.0. The molecule has 5 heteroatoms. The highest BCUT2D eigenvalue weighted by Gasteiger charge is 2.18. The molecule has 0 saturated carbocycles. The second-order valence-corrected chi connectivity index (χ2v) is 5.12. The van der Waals surface area contributed by atoms with E-state index in [1.165, 1.54) is 11.9 Å². The summed E-state index contributed by atoms with van der Waals surface area (Å²) in [4.78, 5) is 24.6. The van der Waals surface area contributed by atoms with Gasteiger partial charge in [-0.25, -0.2) is 15.0 Å². The van der Waals surface area contributed by atoms with Gasteiger partial charge in [-0.2, -0.15) is 0 Å². The molecule has 1 aromatic carbocycles. The maximum atomic E-state index is 11.6. The van der Waals surface area contributed by atoms with E-state index in [-0.39, 0.29) is 11.7 Å². The topological polar surface area (TPSA) is 60.7 Å². The maximum absolute atomic E-state index is 11.6. The molecule has 0 aliphatic rings. The van der Waals surface area contributed by atoms with Gasteiger partial charge in [0.2, 0.25) is 0 Å². The molecule has 0 radical (unpaired) electrons. The third-order valence-corrected chi connectivity index (χ3v) is 3.65. The highest BCUT2D eigenvalue weighted by Crippen LogP contribution is 2.22. The van der Waals surface area contributed by atoms with Gasteiger partial charge < -0.3 is 4.57 Å². The maximum Gasteiger partial charge on any atom is 0.163 e. The Morgan fingerprint density at radius 3 is 2.67 bits per heavy atom. The Morgan fingerprint density at radius 2 is 1.95 bits per heavy atom. The van der Waals surface area contributed by atoms with Crippen molar-refractivity contribution in [1.29, 1.82) is 0 Å². The van der Waals surface area contributed by atoms with E-state index >= 15 is 0 Å². The molecule has 0 saturated heterocycles. The molecule has 0 N–H and O–H groups in total. The summed E-state index contributed by atoms with van der Waals surface area (Å²) in [6.07, 6.45) is 3.25. The highest BCUT2D eigenvalue weighted by atomic mass is 16.1. The number of carbonyl (C=O) groups is 1. The number of imidazole rings is 1. The van der Waals surface area contributed by atoms with Crippen LogP contribution in [-0.4, -0.2) is 25.3 Å². The van der Waals surface area contributed by atoms with Crippen molar-refractivity contribution in [1.82, 2.24) is 19.5 Å². The van der Waals surface area contributed by atoms with E-state index in [0.29, 0.717) is 17.8 Å². The molecule has 2 aromatic heterocycles. The second-order valence-electron chi connectivity index (χ2n) is 5.12. The van der Waals surface area contributed by atoms with Crippen LogP contribution in [0.25, 0.3) is 11.2 Å². The number of nitrogens with zero attached hydrogens (tertiary/aromatic N) is 4. The van der Waals surface area contributed by atoms with Crippen LogP contribution in [-0.2, 0) is 11.3 Å². The Kier molecular flexibility index (Phi) is 3.48. The molecule has 0 bridgehead atoms. The van der Waals surface area contributed by atoms with Crippen molar-refractivity contribution in [2.45, 2.75) is 26.3 Å². The van der Waals surface area contributed by atoms with Gasteiger partial charge in [-0.3, -0.25) is 4.79 Å². The van der Waals surface area contributed by atoms with Crippen LogP contribution in [0.2, 0.25) is 0 Å². The van der Waals surface area contributed by atoms with Gasteiger partial charge in [0.1, 0.15) is 17.6 Å². The lowest BCUT2D eigenvalue weighted by Gasteiger charge is -2.08. The summed E-state index contributed by atoms with van der Waals surface area (Å²) in [5.41, 5.74) is 3.34. The number of carbonyl (C=O) groups excluding carboxylic acids is 1. The lowest BCUT2D eigenvalue weighted by atomic mass is 10.0. The Labute approximate surface area is 122 Å². The quantitative estimate of drug-likeness (QED) is 0.737. The minimum Gasteiger partial charge on any atom is -0.311 e. The number of aromatic nitrogens is 4. The van der Waals surface area contributed by atoms with Crippen molar-refractivity contribution in [3.8, 4) is 0 Å². The Balaban J connectivity index is 2.03. The first kappa shape index (κ1) is 13.4. The lowest BCUT2D eigenvalue weighted by Crippen LogP contribution is -2.08. The van der Waals surface area contributed by atoms with E-state index in [1.54, 1.807) is 13.3 Å². The number of hydrogen-bond donors (Lipinski definition) is 0. The second kappa shape index (κ2) is 5.44. The molecule has 5 nitrogen and oxygen atoms in total. The van der Waals surface area contributed by atoms with Crippen molar-refractivity contribution in [3.05, 3.63) is 54.2 Å². The monoisotopic (exact) mass is 280 g/mol. The summed E-state index contributed by atoms with van der Waals surface area (Å²) in [6.45, 7) is 4.11. The summed E-state index contributed by atoms with van der Waals surface area (Å²) < 4.78 is 1.97. The van der Waals surface area contributed by atoms with Crippen LogP contribution >= 0.6 is 0 Å². The molecular weight excluding hydrogens is 264 g/mol. The van der Waals surface area contributed by atoms with E-state index in [2.05, 4.69) is 27.1 Å². The third-order valence-electron chi connectivity index (χ3n) is 3.65. The van der Waals surface area contributed by atoms with Crippen molar-refractivity contribution in [2.24, 2.45) is 0 Å². The first-order chi connectivity index (χ1) is 10.2. The van der Waals surface area contributed by atoms with Crippen LogP contribution in [0, 0.1) is 0 Å². The normalized spacial score (nSPS) is 12.5. The molecule has 0 aliphatic carbocycles. The van der Waals surface area contributed by atoms with Gasteiger partial charge in [-0.05, 0) is 19.4 Å². The predicted molar refractivity (Wildman–Crippen MR) is 80.0 cm³/mol. The molecule has 0 aliphatic heterocycles. The van der Waals surface area contributed by atoms with Gasteiger partial charge in [0.05, 0.1) is 24.5 Å². The summed E-state index contributed by atoms with van der Waals surface area (Å²) in [5, 5.41) is 0. The number of fused-ring (bicyclic) bond motifs is 1. The molecule has 0 fully saturated rings. The SMILES string of the molecule is CC(=O)C(C)c1ncnc2c1ncn2Cc1ccccc1. The lowest BCUT2D eigenvalue weighted by molar-refractivity contribution is -0.118. The minimum atomic E-state index is -0.268. The molecule has 2 heterocycles. The largest absolute Gasteiger partial charge is 0.311 e.